The summed E-state index contributed by atoms with van der Waals surface area (Å²) in [6.07, 6.45) is 4.90. The second kappa shape index (κ2) is 4.78. The summed E-state index contributed by atoms with van der Waals surface area (Å²) in [4.78, 5) is 6.55. The maximum absolute atomic E-state index is 4.26. The molecule has 1 aromatic rings. The molecular formula is C13H16N2. The number of aliphatic imine (C=N–C) groups is 1. The van der Waals surface area contributed by atoms with E-state index in [2.05, 4.69) is 40.7 Å². The van der Waals surface area contributed by atoms with E-state index in [1.54, 1.807) is 0 Å². The minimum atomic E-state index is 0.398. The van der Waals surface area contributed by atoms with Crippen molar-refractivity contribution in [1.82, 2.24) is 4.90 Å². The summed E-state index contributed by atoms with van der Waals surface area (Å²) in [6.45, 7) is 5.76. The fourth-order valence-corrected chi connectivity index (χ4v) is 1.93. The monoisotopic (exact) mass is 200 g/mol. The molecule has 0 saturated carbocycles. The van der Waals surface area contributed by atoms with Gasteiger partial charge in [0.15, 0.2) is 0 Å². The van der Waals surface area contributed by atoms with Crippen molar-refractivity contribution >= 4 is 6.34 Å². The highest BCUT2D eigenvalue weighted by Crippen LogP contribution is 2.24. The van der Waals surface area contributed by atoms with Gasteiger partial charge in [-0.25, -0.2) is 0 Å². The summed E-state index contributed by atoms with van der Waals surface area (Å²) < 4.78 is 0. The van der Waals surface area contributed by atoms with Crippen LogP contribution >= 0.6 is 0 Å². The molecule has 0 fully saturated rings. The van der Waals surface area contributed by atoms with Gasteiger partial charge in [0.1, 0.15) is 0 Å². The zero-order valence-electron chi connectivity index (χ0n) is 8.84. The number of nitrogens with zero attached hydrogens (tertiary/aromatic N) is 2. The van der Waals surface area contributed by atoms with E-state index in [9.17, 15) is 0 Å². The van der Waals surface area contributed by atoms with Gasteiger partial charge in [0.25, 0.3) is 0 Å². The molecule has 0 amide bonds. The van der Waals surface area contributed by atoms with Crippen molar-refractivity contribution in [3.63, 3.8) is 0 Å². The van der Waals surface area contributed by atoms with Crippen LogP contribution in [0.1, 0.15) is 18.0 Å². The van der Waals surface area contributed by atoms with Crippen LogP contribution in [0.2, 0.25) is 0 Å². The Morgan fingerprint density at radius 2 is 2.20 bits per heavy atom. The zero-order chi connectivity index (χ0) is 10.5. The van der Waals surface area contributed by atoms with E-state index in [0.29, 0.717) is 6.04 Å². The van der Waals surface area contributed by atoms with Crippen LogP contribution in [0.25, 0.3) is 0 Å². The van der Waals surface area contributed by atoms with Gasteiger partial charge in [-0.15, -0.1) is 6.58 Å². The van der Waals surface area contributed by atoms with Crippen molar-refractivity contribution < 1.29 is 0 Å². The second-order valence-corrected chi connectivity index (χ2v) is 3.71. The average molecular weight is 200 g/mol. The lowest BCUT2D eigenvalue weighted by atomic mass is 10.0. The maximum Gasteiger partial charge on any atom is 0.0856 e. The van der Waals surface area contributed by atoms with Crippen LogP contribution in [0.15, 0.2) is 48.0 Å². The van der Waals surface area contributed by atoms with Gasteiger partial charge in [-0.05, 0) is 12.0 Å². The molecule has 0 bridgehead atoms. The van der Waals surface area contributed by atoms with Crippen LogP contribution in [0.5, 0.6) is 0 Å². The van der Waals surface area contributed by atoms with Crippen molar-refractivity contribution in [2.75, 3.05) is 13.1 Å². The summed E-state index contributed by atoms with van der Waals surface area (Å²) >= 11 is 0. The lowest BCUT2D eigenvalue weighted by Crippen LogP contribution is -2.25. The first-order valence-corrected chi connectivity index (χ1v) is 5.33. The van der Waals surface area contributed by atoms with Gasteiger partial charge >= 0.3 is 0 Å². The van der Waals surface area contributed by atoms with Crippen LogP contribution in [0.3, 0.4) is 0 Å². The summed E-state index contributed by atoms with van der Waals surface area (Å²) in [5.74, 6) is 0. The molecule has 1 aromatic carbocycles. The number of benzene rings is 1. The number of hydrogen-bond donors (Lipinski definition) is 0. The van der Waals surface area contributed by atoms with Crippen LogP contribution in [-0.4, -0.2) is 24.3 Å². The molecule has 2 nitrogen and oxygen atoms in total. The van der Waals surface area contributed by atoms with Crippen molar-refractivity contribution in [3.8, 4) is 0 Å². The fourth-order valence-electron chi connectivity index (χ4n) is 1.93. The number of hydrogen-bond acceptors (Lipinski definition) is 2. The van der Waals surface area contributed by atoms with Crippen LogP contribution in [0.4, 0.5) is 0 Å². The molecule has 1 aliphatic rings. The summed E-state index contributed by atoms with van der Waals surface area (Å²) in [7, 11) is 0. The third kappa shape index (κ3) is 2.27. The highest BCUT2D eigenvalue weighted by atomic mass is 15.2. The maximum atomic E-state index is 4.26. The molecular weight excluding hydrogens is 184 g/mol. The highest BCUT2D eigenvalue weighted by Gasteiger charge is 2.18. The van der Waals surface area contributed by atoms with E-state index in [1.807, 2.05) is 18.5 Å². The predicted molar refractivity (Wildman–Crippen MR) is 64.1 cm³/mol. The Bertz CT molecular complexity index is 343. The molecule has 0 radical (unpaired) electrons. The second-order valence-electron chi connectivity index (χ2n) is 3.71. The molecule has 1 unspecified atom stereocenters. The standard InChI is InChI=1S/C13H16N2/c1-2-6-13(15-10-9-14-11-15)12-7-4-3-5-8-12/h2-5,7-8,11,13H,1,6,9-10H2. The van der Waals surface area contributed by atoms with E-state index in [-0.39, 0.29) is 0 Å². The van der Waals surface area contributed by atoms with E-state index >= 15 is 0 Å². The Morgan fingerprint density at radius 1 is 1.40 bits per heavy atom. The molecule has 0 saturated heterocycles. The third-order valence-corrected chi connectivity index (χ3v) is 2.69. The first-order chi connectivity index (χ1) is 7.42. The van der Waals surface area contributed by atoms with Crippen molar-refractivity contribution in [2.45, 2.75) is 12.5 Å². The van der Waals surface area contributed by atoms with Crippen LogP contribution < -0.4 is 0 Å². The largest absolute Gasteiger partial charge is 0.354 e. The first kappa shape index (κ1) is 9.97. The quantitative estimate of drug-likeness (QED) is 0.682. The molecule has 0 aromatic heterocycles. The van der Waals surface area contributed by atoms with Gasteiger partial charge in [0, 0.05) is 6.54 Å². The van der Waals surface area contributed by atoms with Gasteiger partial charge < -0.3 is 4.90 Å². The minimum Gasteiger partial charge on any atom is -0.354 e. The van der Waals surface area contributed by atoms with Crippen molar-refractivity contribution in [2.24, 2.45) is 4.99 Å². The molecule has 15 heavy (non-hydrogen) atoms. The van der Waals surface area contributed by atoms with Crippen molar-refractivity contribution in [1.29, 1.82) is 0 Å². The Labute approximate surface area is 90.9 Å². The lowest BCUT2D eigenvalue weighted by Gasteiger charge is -2.26. The molecule has 1 atom stereocenters. The van der Waals surface area contributed by atoms with E-state index in [1.165, 1.54) is 5.56 Å². The Balaban J connectivity index is 2.19. The molecule has 0 N–H and O–H groups in total. The molecule has 0 spiro atoms. The third-order valence-electron chi connectivity index (χ3n) is 2.69. The molecule has 2 rings (SSSR count). The SMILES string of the molecule is C=CCC(c1ccccc1)N1C=NCC1. The molecule has 0 aliphatic carbocycles. The summed E-state index contributed by atoms with van der Waals surface area (Å²) in [6, 6.07) is 10.9. The molecule has 78 valence electrons. The van der Waals surface area contributed by atoms with Gasteiger partial charge in [-0.2, -0.15) is 0 Å². The normalized spacial score (nSPS) is 16.7. The molecule has 1 heterocycles. The first-order valence-electron chi connectivity index (χ1n) is 5.33. The average Bonchev–Trinajstić information content (AvgIpc) is 2.80. The Kier molecular flexibility index (Phi) is 3.18. The highest BCUT2D eigenvalue weighted by molar-refractivity contribution is 5.58. The van der Waals surface area contributed by atoms with Gasteiger partial charge in [0.05, 0.1) is 18.9 Å². The van der Waals surface area contributed by atoms with Crippen LogP contribution in [0, 0.1) is 0 Å². The predicted octanol–water partition coefficient (Wildman–Crippen LogP) is 2.65. The zero-order valence-corrected chi connectivity index (χ0v) is 8.84. The number of rotatable bonds is 4. The van der Waals surface area contributed by atoms with Gasteiger partial charge in [0.2, 0.25) is 0 Å². The van der Waals surface area contributed by atoms with Gasteiger partial charge in [-0.1, -0.05) is 36.4 Å². The summed E-state index contributed by atoms with van der Waals surface area (Å²) in [5, 5.41) is 0. The van der Waals surface area contributed by atoms with Gasteiger partial charge in [-0.3, -0.25) is 4.99 Å². The Hall–Kier alpha value is -1.57. The topological polar surface area (TPSA) is 15.6 Å². The van der Waals surface area contributed by atoms with Crippen LogP contribution in [-0.2, 0) is 0 Å². The Morgan fingerprint density at radius 3 is 2.80 bits per heavy atom. The van der Waals surface area contributed by atoms with Crippen molar-refractivity contribution in [3.05, 3.63) is 48.6 Å². The van der Waals surface area contributed by atoms with E-state index < -0.39 is 0 Å². The van der Waals surface area contributed by atoms with E-state index in [0.717, 1.165) is 19.5 Å². The molecule has 1 aliphatic heterocycles. The fraction of sp³-hybridized carbons (Fsp3) is 0.308. The minimum absolute atomic E-state index is 0.398. The lowest BCUT2D eigenvalue weighted by molar-refractivity contribution is 0.353. The summed E-state index contributed by atoms with van der Waals surface area (Å²) in [5.41, 5.74) is 1.34. The van der Waals surface area contributed by atoms with E-state index in [4.69, 9.17) is 0 Å². The molecule has 2 heteroatoms. The smallest absolute Gasteiger partial charge is 0.0856 e.